The zero-order valence-electron chi connectivity index (χ0n) is 13.8. The molecule has 1 aliphatic rings. The summed E-state index contributed by atoms with van der Waals surface area (Å²) in [4.78, 5) is 20.8. The molecule has 0 spiro atoms. The summed E-state index contributed by atoms with van der Waals surface area (Å²) >= 11 is 0. The van der Waals surface area contributed by atoms with E-state index in [-0.39, 0.29) is 0 Å². The van der Waals surface area contributed by atoms with Crippen LogP contribution in [0.2, 0.25) is 0 Å². The number of rotatable bonds is 8. The molecule has 1 fully saturated rings. The van der Waals surface area contributed by atoms with Crippen LogP contribution in [0.1, 0.15) is 51.0 Å². The zero-order valence-corrected chi connectivity index (χ0v) is 13.8. The van der Waals surface area contributed by atoms with Gasteiger partial charge in [-0.25, -0.2) is 0 Å². The summed E-state index contributed by atoms with van der Waals surface area (Å²) < 4.78 is 0. The first-order valence-corrected chi connectivity index (χ1v) is 8.68. The first-order valence-electron chi connectivity index (χ1n) is 8.68. The van der Waals surface area contributed by atoms with Crippen LogP contribution in [0.15, 0.2) is 24.5 Å². The number of hydrogen-bond acceptors (Lipinski definition) is 3. The van der Waals surface area contributed by atoms with Gasteiger partial charge in [-0.1, -0.05) is 38.7 Å². The maximum atomic E-state index is 12.2. The Kier molecular flexibility index (Phi) is 7.37. The molecule has 1 amide bonds. The van der Waals surface area contributed by atoms with Crippen molar-refractivity contribution in [3.05, 3.63) is 30.1 Å². The van der Waals surface area contributed by atoms with Gasteiger partial charge in [-0.05, 0) is 18.1 Å². The molecule has 0 aromatic carbocycles. The lowest BCUT2D eigenvalue weighted by atomic mass is 10.1. The molecule has 0 saturated carbocycles. The number of hydrogen-bond donors (Lipinski definition) is 0. The van der Waals surface area contributed by atoms with Gasteiger partial charge in [0.1, 0.15) is 0 Å². The highest BCUT2D eigenvalue weighted by atomic mass is 16.2. The van der Waals surface area contributed by atoms with Gasteiger partial charge in [0, 0.05) is 51.5 Å². The molecule has 0 unspecified atom stereocenters. The lowest BCUT2D eigenvalue weighted by Gasteiger charge is -2.34. The van der Waals surface area contributed by atoms with Gasteiger partial charge in [-0.3, -0.25) is 14.7 Å². The number of unbranched alkanes of at least 4 members (excludes halogenated alkanes) is 4. The Balaban J connectivity index is 1.63. The second kappa shape index (κ2) is 9.57. The van der Waals surface area contributed by atoms with Crippen molar-refractivity contribution >= 4 is 5.91 Å². The van der Waals surface area contributed by atoms with Crippen LogP contribution in [-0.4, -0.2) is 46.9 Å². The van der Waals surface area contributed by atoms with Crippen LogP contribution in [-0.2, 0) is 11.3 Å². The highest BCUT2D eigenvalue weighted by Gasteiger charge is 2.20. The second-order valence-corrected chi connectivity index (χ2v) is 6.18. The summed E-state index contributed by atoms with van der Waals surface area (Å²) in [6.45, 7) is 6.83. The largest absolute Gasteiger partial charge is 0.340 e. The van der Waals surface area contributed by atoms with Gasteiger partial charge in [-0.2, -0.15) is 0 Å². The van der Waals surface area contributed by atoms with Crippen molar-refractivity contribution in [2.75, 3.05) is 26.2 Å². The number of piperazine rings is 1. The Morgan fingerprint density at radius 1 is 1.14 bits per heavy atom. The van der Waals surface area contributed by atoms with Gasteiger partial charge in [0.25, 0.3) is 0 Å². The van der Waals surface area contributed by atoms with E-state index in [1.165, 1.54) is 31.2 Å². The van der Waals surface area contributed by atoms with Gasteiger partial charge in [0.05, 0.1) is 0 Å². The molecule has 4 heteroatoms. The maximum absolute atomic E-state index is 12.2. The number of aromatic nitrogens is 1. The van der Waals surface area contributed by atoms with E-state index in [1.807, 2.05) is 17.2 Å². The fraction of sp³-hybridized carbons (Fsp3) is 0.667. The molecule has 1 saturated heterocycles. The van der Waals surface area contributed by atoms with Crippen LogP contribution in [0.4, 0.5) is 0 Å². The predicted molar refractivity (Wildman–Crippen MR) is 89.5 cm³/mol. The number of carbonyl (C=O) groups is 1. The summed E-state index contributed by atoms with van der Waals surface area (Å²) in [5.41, 5.74) is 1.25. The summed E-state index contributed by atoms with van der Waals surface area (Å²) in [6, 6.07) is 4.09. The average Bonchev–Trinajstić information content (AvgIpc) is 2.56. The Hall–Kier alpha value is -1.42. The molecule has 1 aromatic heterocycles. The van der Waals surface area contributed by atoms with E-state index in [0.29, 0.717) is 5.91 Å². The minimum absolute atomic E-state index is 0.345. The molecule has 0 N–H and O–H groups in total. The number of amides is 1. The van der Waals surface area contributed by atoms with Gasteiger partial charge in [0.2, 0.25) is 5.91 Å². The topological polar surface area (TPSA) is 36.4 Å². The SMILES string of the molecule is CCCCCCCC(=O)N1CCN(Cc2cccnc2)CC1. The Bertz CT molecular complexity index is 427. The van der Waals surface area contributed by atoms with Crippen LogP contribution in [0.5, 0.6) is 0 Å². The standard InChI is InChI=1S/C18H29N3O/c1-2-3-4-5-6-9-18(22)21-13-11-20(12-14-21)16-17-8-7-10-19-15-17/h7-8,10,15H,2-6,9,11-14,16H2,1H3. The average molecular weight is 303 g/mol. The molecular weight excluding hydrogens is 274 g/mol. The lowest BCUT2D eigenvalue weighted by molar-refractivity contribution is -0.133. The normalized spacial score (nSPS) is 16.0. The summed E-state index contributed by atoms with van der Waals surface area (Å²) in [7, 11) is 0. The van der Waals surface area contributed by atoms with Crippen LogP contribution < -0.4 is 0 Å². The molecular formula is C18H29N3O. The number of nitrogens with zero attached hydrogens (tertiary/aromatic N) is 3. The molecule has 2 heterocycles. The van der Waals surface area contributed by atoms with Crippen LogP contribution in [0.3, 0.4) is 0 Å². The Morgan fingerprint density at radius 3 is 2.59 bits per heavy atom. The van der Waals surface area contributed by atoms with E-state index in [2.05, 4.69) is 22.9 Å². The molecule has 1 aliphatic heterocycles. The quantitative estimate of drug-likeness (QED) is 0.692. The van der Waals surface area contributed by atoms with E-state index in [1.54, 1.807) is 6.20 Å². The Labute approximate surface area is 134 Å². The second-order valence-electron chi connectivity index (χ2n) is 6.18. The zero-order chi connectivity index (χ0) is 15.6. The molecule has 122 valence electrons. The van der Waals surface area contributed by atoms with E-state index in [0.717, 1.165) is 45.6 Å². The summed E-state index contributed by atoms with van der Waals surface area (Å²) in [5.74, 6) is 0.345. The third-order valence-electron chi connectivity index (χ3n) is 4.35. The van der Waals surface area contributed by atoms with E-state index >= 15 is 0 Å². The molecule has 0 aliphatic carbocycles. The highest BCUT2D eigenvalue weighted by Crippen LogP contribution is 2.11. The van der Waals surface area contributed by atoms with Gasteiger partial charge in [0.15, 0.2) is 0 Å². The molecule has 1 aromatic rings. The monoisotopic (exact) mass is 303 g/mol. The third kappa shape index (κ3) is 5.76. The van der Waals surface area contributed by atoms with Gasteiger partial charge < -0.3 is 4.90 Å². The molecule has 2 rings (SSSR count). The van der Waals surface area contributed by atoms with Crippen molar-refractivity contribution < 1.29 is 4.79 Å². The van der Waals surface area contributed by atoms with Crippen LogP contribution in [0, 0.1) is 0 Å². The van der Waals surface area contributed by atoms with Crippen LogP contribution in [0.25, 0.3) is 0 Å². The molecule has 4 nitrogen and oxygen atoms in total. The minimum atomic E-state index is 0.345. The van der Waals surface area contributed by atoms with Gasteiger partial charge >= 0.3 is 0 Å². The third-order valence-corrected chi connectivity index (χ3v) is 4.35. The minimum Gasteiger partial charge on any atom is -0.340 e. The predicted octanol–water partition coefficient (Wildman–Crippen LogP) is 3.09. The molecule has 0 bridgehead atoms. The number of carbonyl (C=O) groups excluding carboxylic acids is 1. The lowest BCUT2D eigenvalue weighted by Crippen LogP contribution is -2.48. The van der Waals surface area contributed by atoms with Crippen molar-refractivity contribution in [3.63, 3.8) is 0 Å². The van der Waals surface area contributed by atoms with Crippen LogP contribution >= 0.6 is 0 Å². The van der Waals surface area contributed by atoms with Crippen molar-refractivity contribution in [3.8, 4) is 0 Å². The molecule has 0 radical (unpaired) electrons. The highest BCUT2D eigenvalue weighted by molar-refractivity contribution is 5.76. The van der Waals surface area contributed by atoms with E-state index < -0.39 is 0 Å². The van der Waals surface area contributed by atoms with Gasteiger partial charge in [-0.15, -0.1) is 0 Å². The smallest absolute Gasteiger partial charge is 0.222 e. The first kappa shape index (κ1) is 16.9. The van der Waals surface area contributed by atoms with Crippen molar-refractivity contribution in [1.29, 1.82) is 0 Å². The fourth-order valence-electron chi connectivity index (χ4n) is 2.94. The molecule has 22 heavy (non-hydrogen) atoms. The van der Waals surface area contributed by atoms with Crippen molar-refractivity contribution in [2.45, 2.75) is 52.0 Å². The van der Waals surface area contributed by atoms with E-state index in [4.69, 9.17) is 0 Å². The molecule has 0 atom stereocenters. The van der Waals surface area contributed by atoms with Crippen molar-refractivity contribution in [1.82, 2.24) is 14.8 Å². The Morgan fingerprint density at radius 2 is 1.91 bits per heavy atom. The summed E-state index contributed by atoms with van der Waals surface area (Å²) in [5, 5.41) is 0. The van der Waals surface area contributed by atoms with E-state index in [9.17, 15) is 4.79 Å². The van der Waals surface area contributed by atoms with Crippen molar-refractivity contribution in [2.24, 2.45) is 0 Å². The summed E-state index contributed by atoms with van der Waals surface area (Å²) in [6.07, 6.45) is 10.5. The maximum Gasteiger partial charge on any atom is 0.222 e. The first-order chi connectivity index (χ1) is 10.8. The number of pyridine rings is 1. The fourth-order valence-corrected chi connectivity index (χ4v) is 2.94.